The Bertz CT molecular complexity index is 616. The van der Waals surface area contributed by atoms with Crippen molar-refractivity contribution in [1.29, 1.82) is 0 Å². The lowest BCUT2D eigenvalue weighted by Gasteiger charge is -2.07. The summed E-state index contributed by atoms with van der Waals surface area (Å²) in [7, 11) is 0. The molecule has 1 N–H and O–H groups in total. The van der Waals surface area contributed by atoms with E-state index < -0.39 is 11.7 Å². The minimum atomic E-state index is -0.566. The number of rotatable bonds is 4. The highest BCUT2D eigenvalue weighted by Crippen LogP contribution is 2.20. The van der Waals surface area contributed by atoms with E-state index in [4.69, 9.17) is 11.6 Å². The van der Waals surface area contributed by atoms with Gasteiger partial charge in [-0.25, -0.2) is 4.39 Å². The van der Waals surface area contributed by atoms with Crippen molar-refractivity contribution in [2.24, 2.45) is 0 Å². The molecule has 2 nitrogen and oxygen atoms in total. The Morgan fingerprint density at radius 1 is 1.20 bits per heavy atom. The lowest BCUT2D eigenvalue weighted by Crippen LogP contribution is -2.13. The molecule has 0 radical (unpaired) electrons. The molecule has 20 heavy (non-hydrogen) atoms. The van der Waals surface area contributed by atoms with Crippen molar-refractivity contribution in [2.45, 2.75) is 6.42 Å². The summed E-state index contributed by atoms with van der Waals surface area (Å²) in [5.74, 6) is -0.493. The van der Waals surface area contributed by atoms with Crippen LogP contribution in [-0.2, 0) is 6.42 Å². The number of carbonyl (C=O) groups excluding carboxylic acids is 1. The Morgan fingerprint density at radius 2 is 1.90 bits per heavy atom. The zero-order valence-electron chi connectivity index (χ0n) is 10.5. The highest BCUT2D eigenvalue weighted by Gasteiger charge is 2.13. The molecule has 104 valence electrons. The lowest BCUT2D eigenvalue weighted by molar-refractivity contribution is 0.102. The molecule has 0 aliphatic carbocycles. The highest BCUT2D eigenvalue weighted by atomic mass is 79.9. The highest BCUT2D eigenvalue weighted by molar-refractivity contribution is 9.10. The Balaban J connectivity index is 2.13. The van der Waals surface area contributed by atoms with Gasteiger partial charge in [0.05, 0.1) is 10.0 Å². The summed E-state index contributed by atoms with van der Waals surface area (Å²) in [4.78, 5) is 12.0. The topological polar surface area (TPSA) is 29.1 Å². The molecule has 1 amide bonds. The summed E-state index contributed by atoms with van der Waals surface area (Å²) in [6.45, 7) is 0. The van der Waals surface area contributed by atoms with Gasteiger partial charge in [0.1, 0.15) is 5.82 Å². The molecule has 0 saturated carbocycles. The lowest BCUT2D eigenvalue weighted by atomic mass is 10.1. The molecule has 2 rings (SSSR count). The van der Waals surface area contributed by atoms with Crippen LogP contribution in [0.1, 0.15) is 15.9 Å². The maximum absolute atomic E-state index is 13.8. The maximum atomic E-state index is 13.8. The second-order valence-electron chi connectivity index (χ2n) is 4.19. The largest absolute Gasteiger partial charge is 0.322 e. The summed E-state index contributed by atoms with van der Waals surface area (Å²) >= 11 is 8.72. The monoisotopic (exact) mass is 355 g/mol. The van der Waals surface area contributed by atoms with E-state index in [0.29, 0.717) is 11.6 Å². The van der Waals surface area contributed by atoms with Crippen molar-refractivity contribution in [2.75, 3.05) is 11.2 Å². The predicted molar refractivity (Wildman–Crippen MR) is 82.9 cm³/mol. The molecule has 0 aliphatic heterocycles. The number of anilines is 1. The predicted octanol–water partition coefficient (Wildman–Crippen LogP) is 4.62. The van der Waals surface area contributed by atoms with Crippen LogP contribution in [0.2, 0.25) is 0 Å². The number of hydrogen-bond donors (Lipinski definition) is 1. The first-order valence-electron chi connectivity index (χ1n) is 6.02. The third-order valence-electron chi connectivity index (χ3n) is 2.79. The summed E-state index contributed by atoms with van der Waals surface area (Å²) in [5.41, 5.74) is 1.71. The van der Waals surface area contributed by atoms with Gasteiger partial charge in [-0.2, -0.15) is 0 Å². The van der Waals surface area contributed by atoms with Crippen molar-refractivity contribution >= 4 is 39.1 Å². The second-order valence-corrected chi connectivity index (χ2v) is 5.42. The van der Waals surface area contributed by atoms with Crippen LogP contribution < -0.4 is 5.32 Å². The van der Waals surface area contributed by atoms with Crippen molar-refractivity contribution in [1.82, 2.24) is 0 Å². The van der Waals surface area contributed by atoms with Gasteiger partial charge in [-0.3, -0.25) is 4.79 Å². The van der Waals surface area contributed by atoms with Crippen molar-refractivity contribution in [3.63, 3.8) is 0 Å². The average molecular weight is 357 g/mol. The molecule has 5 heteroatoms. The fraction of sp³-hybridized carbons (Fsp3) is 0.133. The molecule has 0 saturated heterocycles. The fourth-order valence-electron chi connectivity index (χ4n) is 1.74. The molecule has 0 atom stereocenters. The van der Waals surface area contributed by atoms with Gasteiger partial charge in [0.25, 0.3) is 5.91 Å². The minimum absolute atomic E-state index is 0.00390. The van der Waals surface area contributed by atoms with E-state index in [1.807, 2.05) is 12.1 Å². The van der Waals surface area contributed by atoms with Crippen LogP contribution in [0.4, 0.5) is 10.1 Å². The smallest absolute Gasteiger partial charge is 0.258 e. The second kappa shape index (κ2) is 6.86. The van der Waals surface area contributed by atoms with Gasteiger partial charge >= 0.3 is 0 Å². The van der Waals surface area contributed by atoms with Crippen LogP contribution in [0.3, 0.4) is 0 Å². The number of alkyl halides is 1. The van der Waals surface area contributed by atoms with Gasteiger partial charge in [0.15, 0.2) is 0 Å². The van der Waals surface area contributed by atoms with Crippen LogP contribution in [0.5, 0.6) is 0 Å². The molecule has 0 unspecified atom stereocenters. The SMILES string of the molecule is O=C(Nc1ccc(CCCl)cc1)c1cccc(Br)c1F. The normalized spacial score (nSPS) is 10.3. The average Bonchev–Trinajstić information content (AvgIpc) is 2.44. The van der Waals surface area contributed by atoms with Crippen molar-refractivity contribution in [3.8, 4) is 0 Å². The standard InChI is InChI=1S/C15H12BrClFNO/c16-13-3-1-2-12(14(13)18)15(20)19-11-6-4-10(5-7-11)8-9-17/h1-7H,8-9H2,(H,19,20). The Kier molecular flexibility index (Phi) is 5.15. The molecular weight excluding hydrogens is 345 g/mol. The van der Waals surface area contributed by atoms with E-state index in [-0.39, 0.29) is 10.0 Å². The molecule has 2 aromatic rings. The summed E-state index contributed by atoms with van der Waals surface area (Å²) in [6.07, 6.45) is 0.774. The molecule has 0 aliphatic rings. The quantitative estimate of drug-likeness (QED) is 0.796. The first-order valence-corrected chi connectivity index (χ1v) is 7.35. The molecular formula is C15H12BrClFNO. The van der Waals surface area contributed by atoms with Gasteiger partial charge in [0, 0.05) is 11.6 Å². The fourth-order valence-corrected chi connectivity index (χ4v) is 2.33. The molecule has 0 bridgehead atoms. The van der Waals surface area contributed by atoms with Crippen LogP contribution in [-0.4, -0.2) is 11.8 Å². The van der Waals surface area contributed by atoms with Gasteiger partial charge in [-0.15, -0.1) is 11.6 Å². The first kappa shape index (κ1) is 15.0. The number of carbonyl (C=O) groups is 1. The number of aryl methyl sites for hydroxylation is 1. The Hall–Kier alpha value is -1.39. The van der Waals surface area contributed by atoms with Crippen LogP contribution >= 0.6 is 27.5 Å². The van der Waals surface area contributed by atoms with Crippen LogP contribution in [0, 0.1) is 5.82 Å². The summed E-state index contributed by atoms with van der Waals surface area (Å²) < 4.78 is 14.1. The van der Waals surface area contributed by atoms with Crippen LogP contribution in [0.25, 0.3) is 0 Å². The summed E-state index contributed by atoms with van der Waals surface area (Å²) in [6, 6.07) is 11.9. The number of halogens is 3. The van der Waals surface area contributed by atoms with E-state index in [1.165, 1.54) is 6.07 Å². The van der Waals surface area contributed by atoms with Gasteiger partial charge < -0.3 is 5.32 Å². The Labute approximate surface area is 130 Å². The summed E-state index contributed by atoms with van der Waals surface area (Å²) in [5, 5.41) is 2.66. The molecule has 0 heterocycles. The molecule has 2 aromatic carbocycles. The van der Waals surface area contributed by atoms with E-state index >= 15 is 0 Å². The van der Waals surface area contributed by atoms with E-state index in [2.05, 4.69) is 21.2 Å². The van der Waals surface area contributed by atoms with E-state index in [9.17, 15) is 9.18 Å². The zero-order chi connectivity index (χ0) is 14.5. The number of nitrogens with one attached hydrogen (secondary N) is 1. The van der Waals surface area contributed by atoms with Crippen molar-refractivity contribution in [3.05, 3.63) is 63.9 Å². The molecule has 0 spiro atoms. The number of hydrogen-bond acceptors (Lipinski definition) is 1. The van der Waals surface area contributed by atoms with E-state index in [0.717, 1.165) is 12.0 Å². The van der Waals surface area contributed by atoms with Gasteiger partial charge in [-0.05, 0) is 52.2 Å². The van der Waals surface area contributed by atoms with Gasteiger partial charge in [-0.1, -0.05) is 18.2 Å². The van der Waals surface area contributed by atoms with E-state index in [1.54, 1.807) is 24.3 Å². The minimum Gasteiger partial charge on any atom is -0.322 e. The number of amides is 1. The number of benzene rings is 2. The molecule has 0 aromatic heterocycles. The van der Waals surface area contributed by atoms with Crippen LogP contribution in [0.15, 0.2) is 46.9 Å². The third kappa shape index (κ3) is 3.58. The third-order valence-corrected chi connectivity index (χ3v) is 3.59. The zero-order valence-corrected chi connectivity index (χ0v) is 12.8. The Morgan fingerprint density at radius 3 is 2.55 bits per heavy atom. The molecule has 0 fully saturated rings. The van der Waals surface area contributed by atoms with Gasteiger partial charge in [0.2, 0.25) is 0 Å². The maximum Gasteiger partial charge on any atom is 0.258 e. The first-order chi connectivity index (χ1) is 9.61. The van der Waals surface area contributed by atoms with Crippen molar-refractivity contribution < 1.29 is 9.18 Å².